The number of thioether (sulfide) groups is 1. The minimum Gasteiger partial charge on any atom is -0.480 e. The van der Waals surface area contributed by atoms with Crippen LogP contribution in [0, 0.1) is 13.8 Å². The molecular weight excluding hydrogens is 208 g/mol. The molecule has 1 aromatic rings. The Morgan fingerprint density at radius 1 is 1.40 bits per heavy atom. The van der Waals surface area contributed by atoms with Gasteiger partial charge < -0.3 is 5.11 Å². The molecule has 1 aromatic carbocycles. The summed E-state index contributed by atoms with van der Waals surface area (Å²) < 4.78 is -0.849. The third-order valence-electron chi connectivity index (χ3n) is 2.71. The number of aryl methyl sites for hydroxylation is 2. The van der Waals surface area contributed by atoms with Crippen molar-refractivity contribution in [3.05, 3.63) is 34.9 Å². The number of aliphatic carboxylic acids is 1. The minimum absolute atomic E-state index is 0.790. The fourth-order valence-corrected chi connectivity index (χ4v) is 2.28. The van der Waals surface area contributed by atoms with Gasteiger partial charge in [0.25, 0.3) is 0 Å². The molecule has 0 amide bonds. The first-order valence-electron chi connectivity index (χ1n) is 4.78. The van der Waals surface area contributed by atoms with Gasteiger partial charge in [-0.2, -0.15) is 0 Å². The van der Waals surface area contributed by atoms with Crippen LogP contribution in [-0.4, -0.2) is 17.3 Å². The van der Waals surface area contributed by atoms with Crippen molar-refractivity contribution in [3.63, 3.8) is 0 Å². The Morgan fingerprint density at radius 2 is 2.00 bits per heavy atom. The molecule has 0 aliphatic carbocycles. The molecule has 1 unspecified atom stereocenters. The number of hydrogen-bond acceptors (Lipinski definition) is 2. The number of hydrogen-bond donors (Lipinski definition) is 1. The number of rotatable bonds is 3. The third-order valence-corrected chi connectivity index (χ3v) is 3.92. The monoisotopic (exact) mass is 224 g/mol. The summed E-state index contributed by atoms with van der Waals surface area (Å²) in [6.07, 6.45) is 1.83. The second-order valence-corrected chi connectivity index (χ2v) is 5.09. The average molecular weight is 224 g/mol. The predicted molar refractivity (Wildman–Crippen MR) is 64.4 cm³/mol. The van der Waals surface area contributed by atoms with E-state index in [1.165, 1.54) is 11.8 Å². The van der Waals surface area contributed by atoms with Crippen LogP contribution in [0.25, 0.3) is 0 Å². The molecule has 2 nitrogen and oxygen atoms in total. The van der Waals surface area contributed by atoms with Gasteiger partial charge >= 0.3 is 5.97 Å². The first-order valence-corrected chi connectivity index (χ1v) is 6.00. The van der Waals surface area contributed by atoms with Crippen molar-refractivity contribution in [1.82, 2.24) is 0 Å². The maximum Gasteiger partial charge on any atom is 0.324 e. The van der Waals surface area contributed by atoms with E-state index in [9.17, 15) is 9.90 Å². The van der Waals surface area contributed by atoms with E-state index < -0.39 is 10.7 Å². The molecule has 3 heteroatoms. The number of carboxylic acids is 1. The molecule has 1 N–H and O–H groups in total. The Hall–Kier alpha value is -0.960. The standard InChI is InChI=1S/C12H16O2S/c1-8-5-6-10(9(2)7-8)12(3,15-4)11(13)14/h5-7H,1-4H3,(H,13,14). The predicted octanol–water partition coefficient (Wildman–Crippen LogP) is 2.97. The Balaban J connectivity index is 3.30. The normalized spacial score (nSPS) is 14.7. The topological polar surface area (TPSA) is 37.3 Å². The van der Waals surface area contributed by atoms with Crippen LogP contribution in [0.1, 0.15) is 23.6 Å². The number of carboxylic acid groups (broad SMARTS) is 1. The van der Waals surface area contributed by atoms with E-state index in [1.807, 2.05) is 38.3 Å². The molecule has 0 aliphatic rings. The molecule has 0 heterocycles. The van der Waals surface area contributed by atoms with Crippen LogP contribution in [-0.2, 0) is 9.54 Å². The van der Waals surface area contributed by atoms with E-state index >= 15 is 0 Å². The second kappa shape index (κ2) is 4.27. The van der Waals surface area contributed by atoms with Gasteiger partial charge in [-0.15, -0.1) is 11.8 Å². The van der Waals surface area contributed by atoms with Gasteiger partial charge in [-0.05, 0) is 38.2 Å². The van der Waals surface area contributed by atoms with Crippen LogP contribution in [0.15, 0.2) is 18.2 Å². The van der Waals surface area contributed by atoms with Crippen molar-refractivity contribution < 1.29 is 9.90 Å². The van der Waals surface area contributed by atoms with Gasteiger partial charge in [-0.3, -0.25) is 4.79 Å². The Labute approximate surface area is 94.7 Å². The third kappa shape index (κ3) is 2.17. The minimum atomic E-state index is -0.849. The summed E-state index contributed by atoms with van der Waals surface area (Å²) in [6.45, 7) is 5.71. The highest BCUT2D eigenvalue weighted by molar-refractivity contribution is 8.00. The van der Waals surface area contributed by atoms with Gasteiger partial charge in [0.1, 0.15) is 4.75 Å². The largest absolute Gasteiger partial charge is 0.480 e. The highest BCUT2D eigenvalue weighted by Gasteiger charge is 2.35. The summed E-state index contributed by atoms with van der Waals surface area (Å²) >= 11 is 1.35. The van der Waals surface area contributed by atoms with E-state index in [2.05, 4.69) is 0 Å². The molecule has 0 spiro atoms. The molecule has 0 aliphatic heterocycles. The molecule has 0 radical (unpaired) electrons. The molecular formula is C12H16O2S. The van der Waals surface area contributed by atoms with Gasteiger partial charge in [-0.1, -0.05) is 23.8 Å². The molecule has 1 rings (SSSR count). The Bertz CT molecular complexity index is 387. The maximum absolute atomic E-state index is 11.3. The molecule has 0 saturated heterocycles. The van der Waals surface area contributed by atoms with Crippen LogP contribution in [0.5, 0.6) is 0 Å². The smallest absolute Gasteiger partial charge is 0.324 e. The van der Waals surface area contributed by atoms with Crippen LogP contribution in [0.3, 0.4) is 0 Å². The maximum atomic E-state index is 11.3. The molecule has 15 heavy (non-hydrogen) atoms. The van der Waals surface area contributed by atoms with Gasteiger partial charge in [0.15, 0.2) is 0 Å². The lowest BCUT2D eigenvalue weighted by Gasteiger charge is -2.25. The molecule has 0 bridgehead atoms. The zero-order valence-corrected chi connectivity index (χ0v) is 10.3. The van der Waals surface area contributed by atoms with Gasteiger partial charge in [0.05, 0.1) is 0 Å². The van der Waals surface area contributed by atoms with Gasteiger partial charge in [-0.25, -0.2) is 0 Å². The zero-order chi connectivity index (χ0) is 11.6. The first kappa shape index (κ1) is 12.1. The van der Waals surface area contributed by atoms with E-state index in [-0.39, 0.29) is 0 Å². The van der Waals surface area contributed by atoms with Crippen molar-refractivity contribution in [2.75, 3.05) is 6.26 Å². The zero-order valence-electron chi connectivity index (χ0n) is 9.50. The Morgan fingerprint density at radius 3 is 2.40 bits per heavy atom. The molecule has 1 atom stereocenters. The lowest BCUT2D eigenvalue weighted by atomic mass is 9.94. The summed E-state index contributed by atoms with van der Waals surface area (Å²) in [5.41, 5.74) is 3.08. The summed E-state index contributed by atoms with van der Waals surface area (Å²) in [5, 5.41) is 9.26. The SMILES string of the molecule is CSC(C)(C(=O)O)c1ccc(C)cc1C. The van der Waals surface area contributed by atoms with Crippen molar-refractivity contribution in [3.8, 4) is 0 Å². The molecule has 82 valence electrons. The van der Waals surface area contributed by atoms with Gasteiger partial charge in [0.2, 0.25) is 0 Å². The quantitative estimate of drug-likeness (QED) is 0.857. The number of benzene rings is 1. The fourth-order valence-electron chi connectivity index (χ4n) is 1.66. The highest BCUT2D eigenvalue weighted by Crippen LogP contribution is 2.36. The average Bonchev–Trinajstić information content (AvgIpc) is 2.16. The molecule has 0 fully saturated rings. The van der Waals surface area contributed by atoms with Crippen LogP contribution >= 0.6 is 11.8 Å². The Kier molecular flexibility index (Phi) is 3.45. The summed E-state index contributed by atoms with van der Waals surface area (Å²) in [5.74, 6) is -0.790. The van der Waals surface area contributed by atoms with Crippen molar-refractivity contribution in [2.45, 2.75) is 25.5 Å². The van der Waals surface area contributed by atoms with Crippen LogP contribution in [0.2, 0.25) is 0 Å². The van der Waals surface area contributed by atoms with Crippen molar-refractivity contribution >= 4 is 17.7 Å². The van der Waals surface area contributed by atoms with Crippen LogP contribution < -0.4 is 0 Å². The van der Waals surface area contributed by atoms with E-state index in [0.29, 0.717) is 0 Å². The lowest BCUT2D eigenvalue weighted by Crippen LogP contribution is -2.29. The van der Waals surface area contributed by atoms with E-state index in [0.717, 1.165) is 16.7 Å². The van der Waals surface area contributed by atoms with E-state index in [1.54, 1.807) is 6.92 Å². The lowest BCUT2D eigenvalue weighted by molar-refractivity contribution is -0.139. The second-order valence-electron chi connectivity index (χ2n) is 3.86. The summed E-state index contributed by atoms with van der Waals surface area (Å²) in [4.78, 5) is 11.3. The van der Waals surface area contributed by atoms with Crippen molar-refractivity contribution in [1.29, 1.82) is 0 Å². The highest BCUT2D eigenvalue weighted by atomic mass is 32.2. The van der Waals surface area contributed by atoms with Gasteiger partial charge in [0, 0.05) is 0 Å². The van der Waals surface area contributed by atoms with Crippen molar-refractivity contribution in [2.24, 2.45) is 0 Å². The van der Waals surface area contributed by atoms with E-state index in [4.69, 9.17) is 0 Å². The van der Waals surface area contributed by atoms with Crippen LogP contribution in [0.4, 0.5) is 0 Å². The molecule has 0 saturated carbocycles. The number of carbonyl (C=O) groups is 1. The first-order chi connectivity index (χ1) is 6.91. The summed E-state index contributed by atoms with van der Waals surface area (Å²) in [7, 11) is 0. The summed E-state index contributed by atoms with van der Waals surface area (Å²) in [6, 6.07) is 5.89. The molecule has 0 aromatic heterocycles. The fraction of sp³-hybridized carbons (Fsp3) is 0.417.